The van der Waals surface area contributed by atoms with E-state index >= 15 is 0 Å². The molecule has 0 radical (unpaired) electrons. The first-order chi connectivity index (χ1) is 13.6. The number of aryl methyl sites for hydroxylation is 2. The van der Waals surface area contributed by atoms with Crippen LogP contribution in [0.2, 0.25) is 0 Å². The standard InChI is InChI=1S/C17H26N8O3/c26-15-11-13(17(28)18-6-1-8-24-9-2-7-20-24)3-4-14(15)21-16(27)5-10-25-12-19-22-23-25/h2,7,9,12-15,26H,1,3-6,8,10-11H2,(H,18,28)(H,21,27)/t13-,14+,15+/m0/s1. The van der Waals surface area contributed by atoms with Crippen LogP contribution in [0.1, 0.15) is 32.1 Å². The van der Waals surface area contributed by atoms with Gasteiger partial charge in [0.2, 0.25) is 11.8 Å². The van der Waals surface area contributed by atoms with Crippen molar-refractivity contribution in [2.45, 2.75) is 57.3 Å². The first kappa shape index (κ1) is 19.9. The summed E-state index contributed by atoms with van der Waals surface area (Å²) < 4.78 is 3.30. The summed E-state index contributed by atoms with van der Waals surface area (Å²) in [6.07, 6.45) is 6.91. The van der Waals surface area contributed by atoms with Crippen molar-refractivity contribution in [2.75, 3.05) is 6.54 Å². The number of hydrogen-bond donors (Lipinski definition) is 3. The molecule has 0 unspecified atom stereocenters. The molecule has 1 aliphatic rings. The molecule has 2 aromatic rings. The van der Waals surface area contributed by atoms with Crippen molar-refractivity contribution < 1.29 is 14.7 Å². The number of aromatic nitrogens is 6. The van der Waals surface area contributed by atoms with Crippen LogP contribution in [0.3, 0.4) is 0 Å². The van der Waals surface area contributed by atoms with Crippen LogP contribution in [-0.2, 0) is 22.7 Å². The van der Waals surface area contributed by atoms with Gasteiger partial charge in [0.1, 0.15) is 6.33 Å². The Morgan fingerprint density at radius 1 is 1.21 bits per heavy atom. The number of carbonyl (C=O) groups is 2. The second-order valence-electron chi connectivity index (χ2n) is 6.99. The van der Waals surface area contributed by atoms with Gasteiger partial charge >= 0.3 is 0 Å². The molecular weight excluding hydrogens is 364 g/mol. The third kappa shape index (κ3) is 5.84. The lowest BCUT2D eigenvalue weighted by atomic mass is 9.83. The van der Waals surface area contributed by atoms with Gasteiger partial charge in [-0.3, -0.25) is 14.3 Å². The minimum atomic E-state index is -0.731. The van der Waals surface area contributed by atoms with Crippen molar-refractivity contribution in [3.8, 4) is 0 Å². The molecule has 0 saturated heterocycles. The first-order valence-corrected chi connectivity index (χ1v) is 9.55. The summed E-state index contributed by atoms with van der Waals surface area (Å²) in [5.74, 6) is -0.432. The SMILES string of the molecule is O=C(CCn1cnnn1)N[C@@H]1CC[C@H](C(=O)NCCCn2cccn2)C[C@H]1O. The maximum Gasteiger partial charge on any atom is 0.223 e. The van der Waals surface area contributed by atoms with Gasteiger partial charge in [-0.1, -0.05) is 0 Å². The molecule has 1 aliphatic carbocycles. The van der Waals surface area contributed by atoms with Crippen molar-refractivity contribution in [1.29, 1.82) is 0 Å². The third-order valence-corrected chi connectivity index (χ3v) is 4.92. The Hall–Kier alpha value is -2.82. The third-order valence-electron chi connectivity index (χ3n) is 4.92. The summed E-state index contributed by atoms with van der Waals surface area (Å²) in [7, 11) is 0. The number of amides is 2. The zero-order valence-electron chi connectivity index (χ0n) is 15.6. The maximum absolute atomic E-state index is 12.3. The number of nitrogens with one attached hydrogen (secondary N) is 2. The summed E-state index contributed by atoms with van der Waals surface area (Å²) in [6.45, 7) is 1.70. The van der Waals surface area contributed by atoms with Crippen LogP contribution in [0.5, 0.6) is 0 Å². The molecule has 2 aromatic heterocycles. The Morgan fingerprint density at radius 2 is 2.11 bits per heavy atom. The Balaban J connectivity index is 1.33. The average Bonchev–Trinajstić information content (AvgIpc) is 3.39. The predicted octanol–water partition coefficient (Wildman–Crippen LogP) is -0.888. The van der Waals surface area contributed by atoms with Crippen molar-refractivity contribution in [3.63, 3.8) is 0 Å². The van der Waals surface area contributed by atoms with Gasteiger partial charge in [-0.25, -0.2) is 4.68 Å². The highest BCUT2D eigenvalue weighted by molar-refractivity contribution is 5.79. The Morgan fingerprint density at radius 3 is 2.82 bits per heavy atom. The molecule has 0 spiro atoms. The first-order valence-electron chi connectivity index (χ1n) is 9.55. The van der Waals surface area contributed by atoms with Gasteiger partial charge in [-0.05, 0) is 42.2 Å². The smallest absolute Gasteiger partial charge is 0.223 e. The molecule has 2 heterocycles. The highest BCUT2D eigenvalue weighted by Crippen LogP contribution is 2.25. The highest BCUT2D eigenvalue weighted by Gasteiger charge is 2.33. The molecule has 11 heteroatoms. The van der Waals surface area contributed by atoms with E-state index in [-0.39, 0.29) is 30.2 Å². The number of rotatable bonds is 9. The molecular formula is C17H26N8O3. The van der Waals surface area contributed by atoms with E-state index in [1.807, 2.05) is 16.9 Å². The second-order valence-corrected chi connectivity index (χ2v) is 6.99. The van der Waals surface area contributed by atoms with Gasteiger partial charge in [-0.2, -0.15) is 5.10 Å². The second kappa shape index (κ2) is 9.93. The van der Waals surface area contributed by atoms with Crippen LogP contribution in [0, 0.1) is 5.92 Å². The number of nitrogens with zero attached hydrogens (tertiary/aromatic N) is 6. The van der Waals surface area contributed by atoms with Crippen LogP contribution in [0.15, 0.2) is 24.8 Å². The lowest BCUT2D eigenvalue weighted by Crippen LogP contribution is -2.49. The fourth-order valence-electron chi connectivity index (χ4n) is 3.36. The van der Waals surface area contributed by atoms with Gasteiger partial charge in [0.25, 0.3) is 0 Å². The molecule has 1 fully saturated rings. The monoisotopic (exact) mass is 390 g/mol. The molecule has 3 atom stereocenters. The summed E-state index contributed by atoms with van der Waals surface area (Å²) >= 11 is 0. The minimum absolute atomic E-state index is 0.0389. The van der Waals surface area contributed by atoms with E-state index in [9.17, 15) is 14.7 Å². The van der Waals surface area contributed by atoms with Crippen LogP contribution in [-0.4, -0.2) is 65.6 Å². The number of hydrogen-bond acceptors (Lipinski definition) is 7. The molecule has 11 nitrogen and oxygen atoms in total. The van der Waals surface area contributed by atoms with Crippen molar-refractivity contribution >= 4 is 11.8 Å². The zero-order valence-corrected chi connectivity index (χ0v) is 15.6. The maximum atomic E-state index is 12.3. The number of tetrazole rings is 1. The van der Waals surface area contributed by atoms with Gasteiger partial charge in [0, 0.05) is 37.8 Å². The number of carbonyl (C=O) groups excluding carboxylic acids is 2. The predicted molar refractivity (Wildman–Crippen MR) is 97.6 cm³/mol. The van der Waals surface area contributed by atoms with E-state index in [1.54, 1.807) is 6.20 Å². The molecule has 3 rings (SSSR count). The van der Waals surface area contributed by atoms with Crippen molar-refractivity contribution in [2.24, 2.45) is 5.92 Å². The van der Waals surface area contributed by atoms with E-state index < -0.39 is 6.10 Å². The molecule has 0 bridgehead atoms. The minimum Gasteiger partial charge on any atom is -0.391 e. The van der Waals surface area contributed by atoms with Gasteiger partial charge < -0.3 is 15.7 Å². The van der Waals surface area contributed by atoms with E-state index in [0.29, 0.717) is 32.4 Å². The van der Waals surface area contributed by atoms with E-state index in [2.05, 4.69) is 31.3 Å². The van der Waals surface area contributed by atoms with Crippen LogP contribution in [0.4, 0.5) is 0 Å². The largest absolute Gasteiger partial charge is 0.391 e. The fraction of sp³-hybridized carbons (Fsp3) is 0.647. The number of aliphatic hydroxyl groups is 1. The van der Waals surface area contributed by atoms with E-state index in [1.165, 1.54) is 11.0 Å². The zero-order chi connectivity index (χ0) is 19.8. The summed E-state index contributed by atoms with van der Waals surface area (Å²) in [6, 6.07) is 1.54. The van der Waals surface area contributed by atoms with Crippen LogP contribution < -0.4 is 10.6 Å². The normalized spacial score (nSPS) is 22.0. The molecule has 0 aliphatic heterocycles. The Bertz CT molecular complexity index is 734. The molecule has 0 aromatic carbocycles. The van der Waals surface area contributed by atoms with Crippen molar-refractivity contribution in [3.05, 3.63) is 24.8 Å². The van der Waals surface area contributed by atoms with Gasteiger partial charge in [-0.15, -0.1) is 5.10 Å². The summed E-state index contributed by atoms with van der Waals surface area (Å²) in [5.41, 5.74) is 0. The number of aliphatic hydroxyl groups excluding tert-OH is 1. The Labute approximate surface area is 162 Å². The lowest BCUT2D eigenvalue weighted by molar-refractivity contribution is -0.128. The molecule has 3 N–H and O–H groups in total. The molecule has 1 saturated carbocycles. The van der Waals surface area contributed by atoms with E-state index in [0.717, 1.165) is 13.0 Å². The summed E-state index contributed by atoms with van der Waals surface area (Å²) in [4.78, 5) is 24.4. The van der Waals surface area contributed by atoms with E-state index in [4.69, 9.17) is 0 Å². The molecule has 2 amide bonds. The van der Waals surface area contributed by atoms with Crippen molar-refractivity contribution in [1.82, 2.24) is 40.6 Å². The van der Waals surface area contributed by atoms with Crippen LogP contribution in [0.25, 0.3) is 0 Å². The Kier molecular flexibility index (Phi) is 7.06. The van der Waals surface area contributed by atoms with Gasteiger partial charge in [0.05, 0.1) is 18.7 Å². The highest BCUT2D eigenvalue weighted by atomic mass is 16.3. The molecule has 152 valence electrons. The summed E-state index contributed by atoms with van der Waals surface area (Å²) in [5, 5.41) is 31.0. The quantitative estimate of drug-likeness (QED) is 0.472. The van der Waals surface area contributed by atoms with Gasteiger partial charge in [0.15, 0.2) is 0 Å². The lowest BCUT2D eigenvalue weighted by Gasteiger charge is -2.33. The fourth-order valence-corrected chi connectivity index (χ4v) is 3.36. The topological polar surface area (TPSA) is 140 Å². The van der Waals surface area contributed by atoms with Crippen LogP contribution >= 0.6 is 0 Å². The molecule has 28 heavy (non-hydrogen) atoms. The average molecular weight is 390 g/mol.